The third-order valence-electron chi connectivity index (χ3n) is 3.92. The molecule has 0 N–H and O–H groups in total. The lowest BCUT2D eigenvalue weighted by Crippen LogP contribution is -2.43. The van der Waals surface area contributed by atoms with E-state index in [0.29, 0.717) is 12.1 Å². The van der Waals surface area contributed by atoms with Crippen LogP contribution in [0, 0.1) is 11.3 Å². The summed E-state index contributed by atoms with van der Waals surface area (Å²) in [4.78, 5) is 2.76. The number of sulfonamides is 1. The molecule has 1 atom stereocenters. The van der Waals surface area contributed by atoms with E-state index in [4.69, 9.17) is 5.26 Å². The Morgan fingerprint density at radius 2 is 1.76 bits per heavy atom. The zero-order chi connectivity index (χ0) is 22.0. The normalized spacial score (nSPS) is 13.9. The number of aromatic nitrogens is 1. The number of halogens is 6. The van der Waals surface area contributed by atoms with Gasteiger partial charge in [-0.1, -0.05) is 25.1 Å². The van der Waals surface area contributed by atoms with Crippen molar-refractivity contribution in [3.63, 3.8) is 0 Å². The van der Waals surface area contributed by atoms with Crippen LogP contribution < -0.4 is 0 Å². The van der Waals surface area contributed by atoms with Crippen LogP contribution in [-0.2, 0) is 16.2 Å². The van der Waals surface area contributed by atoms with Crippen molar-refractivity contribution in [3.05, 3.63) is 59.4 Å². The maximum atomic E-state index is 13.9. The van der Waals surface area contributed by atoms with E-state index in [2.05, 4.69) is 4.98 Å². The standard InChI is InChI=1S/C17H13F6N3O2S/c1-2-26(29(27,28)12-7-11(8-24)9-25-10-12)15(17(21,22)23)13-5-3-4-6-14(13)16(18,19)20/h3-7,9-10,15H,2H2,1H3. The van der Waals surface area contributed by atoms with E-state index in [1.807, 2.05) is 0 Å². The summed E-state index contributed by atoms with van der Waals surface area (Å²) in [5.41, 5.74) is -3.08. The number of nitrogens with zero attached hydrogens (tertiary/aromatic N) is 3. The summed E-state index contributed by atoms with van der Waals surface area (Å²) in [7, 11) is -4.94. The number of hydrogen-bond donors (Lipinski definition) is 0. The van der Waals surface area contributed by atoms with Gasteiger partial charge in [-0.15, -0.1) is 0 Å². The summed E-state index contributed by atoms with van der Waals surface area (Å²) in [5.74, 6) is 0. The van der Waals surface area contributed by atoms with Gasteiger partial charge in [-0.25, -0.2) is 8.42 Å². The molecule has 0 bridgehead atoms. The molecule has 12 heteroatoms. The molecular formula is C17H13F6N3O2S. The third-order valence-corrected chi connectivity index (χ3v) is 5.82. The van der Waals surface area contributed by atoms with Gasteiger partial charge in [0.2, 0.25) is 10.0 Å². The van der Waals surface area contributed by atoms with Crippen LogP contribution in [0.15, 0.2) is 47.6 Å². The monoisotopic (exact) mass is 437 g/mol. The van der Waals surface area contributed by atoms with Crippen molar-refractivity contribution in [2.45, 2.75) is 30.2 Å². The van der Waals surface area contributed by atoms with Crippen LogP contribution in [0.3, 0.4) is 0 Å². The zero-order valence-electron chi connectivity index (χ0n) is 14.7. The predicted molar refractivity (Wildman–Crippen MR) is 88.8 cm³/mol. The van der Waals surface area contributed by atoms with Crippen LogP contribution in [0.1, 0.15) is 29.7 Å². The molecule has 0 aliphatic rings. The van der Waals surface area contributed by atoms with Crippen LogP contribution in [-0.4, -0.2) is 30.4 Å². The lowest BCUT2D eigenvalue weighted by atomic mass is 9.99. The molecule has 5 nitrogen and oxygen atoms in total. The largest absolute Gasteiger partial charge is 0.416 e. The first-order chi connectivity index (χ1) is 13.3. The summed E-state index contributed by atoms with van der Waals surface area (Å²) >= 11 is 0. The van der Waals surface area contributed by atoms with Crippen LogP contribution in [0.4, 0.5) is 26.3 Å². The molecule has 0 aliphatic heterocycles. The highest BCUT2D eigenvalue weighted by atomic mass is 32.2. The molecule has 0 aliphatic carbocycles. The first-order valence-electron chi connectivity index (χ1n) is 7.93. The summed E-state index contributed by atoms with van der Waals surface area (Å²) < 4.78 is 107. The Kier molecular flexibility index (Phi) is 6.24. The fraction of sp³-hybridized carbons (Fsp3) is 0.294. The second-order valence-electron chi connectivity index (χ2n) is 5.76. The van der Waals surface area contributed by atoms with Crippen molar-refractivity contribution >= 4 is 10.0 Å². The molecule has 1 aromatic heterocycles. The van der Waals surface area contributed by atoms with Gasteiger partial charge in [0.15, 0.2) is 0 Å². The Bertz CT molecular complexity index is 1030. The molecule has 1 aromatic carbocycles. The quantitative estimate of drug-likeness (QED) is 0.655. The number of benzene rings is 1. The Balaban J connectivity index is 2.74. The molecule has 156 valence electrons. The number of pyridine rings is 1. The molecule has 0 saturated carbocycles. The number of rotatable bonds is 5. The highest BCUT2D eigenvalue weighted by Crippen LogP contribution is 2.45. The van der Waals surface area contributed by atoms with Crippen molar-refractivity contribution < 1.29 is 34.8 Å². The van der Waals surface area contributed by atoms with Gasteiger partial charge in [0, 0.05) is 18.9 Å². The van der Waals surface area contributed by atoms with E-state index in [1.165, 1.54) is 0 Å². The first kappa shape index (κ1) is 22.6. The number of alkyl halides is 6. The van der Waals surface area contributed by atoms with Gasteiger partial charge in [0.1, 0.15) is 17.0 Å². The second-order valence-corrected chi connectivity index (χ2v) is 7.65. The number of hydrogen-bond acceptors (Lipinski definition) is 4. The molecule has 0 fully saturated rings. The Morgan fingerprint density at radius 3 is 2.28 bits per heavy atom. The molecule has 0 spiro atoms. The topological polar surface area (TPSA) is 74.1 Å². The summed E-state index contributed by atoms with van der Waals surface area (Å²) in [6.45, 7) is 0.281. The average Bonchev–Trinajstić information content (AvgIpc) is 2.64. The summed E-state index contributed by atoms with van der Waals surface area (Å²) in [6.07, 6.45) is -8.77. The van der Waals surface area contributed by atoms with E-state index in [9.17, 15) is 34.8 Å². The van der Waals surface area contributed by atoms with Crippen LogP contribution in [0.2, 0.25) is 0 Å². The molecule has 1 heterocycles. The van der Waals surface area contributed by atoms with Gasteiger partial charge < -0.3 is 0 Å². The summed E-state index contributed by atoms with van der Waals surface area (Å²) in [6, 6.07) is 2.21. The minimum atomic E-state index is -5.36. The Morgan fingerprint density at radius 1 is 1.14 bits per heavy atom. The molecule has 0 amide bonds. The SMILES string of the molecule is CCN(C(c1ccccc1C(F)(F)F)C(F)(F)F)S(=O)(=O)c1cncc(C#N)c1. The average molecular weight is 437 g/mol. The first-order valence-corrected chi connectivity index (χ1v) is 9.37. The smallest absolute Gasteiger partial charge is 0.262 e. The van der Waals surface area contributed by atoms with Gasteiger partial charge in [0.05, 0.1) is 11.1 Å². The predicted octanol–water partition coefficient (Wildman–Crippen LogP) is 4.29. The van der Waals surface area contributed by atoms with Crippen LogP contribution in [0.5, 0.6) is 0 Å². The maximum absolute atomic E-state index is 13.9. The van der Waals surface area contributed by atoms with Crippen LogP contribution in [0.25, 0.3) is 0 Å². The van der Waals surface area contributed by atoms with Crippen molar-refractivity contribution in [3.8, 4) is 6.07 Å². The van der Waals surface area contributed by atoms with E-state index in [-0.39, 0.29) is 9.87 Å². The van der Waals surface area contributed by atoms with E-state index in [1.54, 1.807) is 6.07 Å². The van der Waals surface area contributed by atoms with Gasteiger partial charge in [0.25, 0.3) is 0 Å². The second kappa shape index (κ2) is 8.00. The molecule has 29 heavy (non-hydrogen) atoms. The zero-order valence-corrected chi connectivity index (χ0v) is 15.5. The van der Waals surface area contributed by atoms with E-state index < -0.39 is 51.0 Å². The Hall–Kier alpha value is -2.65. The minimum Gasteiger partial charge on any atom is -0.262 e. The van der Waals surface area contributed by atoms with Gasteiger partial charge in [-0.3, -0.25) is 4.98 Å². The lowest BCUT2D eigenvalue weighted by molar-refractivity contribution is -0.177. The minimum absolute atomic E-state index is 0.0876. The molecule has 0 saturated heterocycles. The van der Waals surface area contributed by atoms with Crippen molar-refractivity contribution in [2.75, 3.05) is 6.54 Å². The fourth-order valence-electron chi connectivity index (χ4n) is 2.74. The third kappa shape index (κ3) is 4.68. The maximum Gasteiger partial charge on any atom is 0.416 e. The number of nitriles is 1. The molecule has 1 unspecified atom stereocenters. The van der Waals surface area contributed by atoms with Crippen molar-refractivity contribution in [2.24, 2.45) is 0 Å². The highest BCUT2D eigenvalue weighted by molar-refractivity contribution is 7.89. The molecule has 2 aromatic rings. The molecular weight excluding hydrogens is 424 g/mol. The molecule has 0 radical (unpaired) electrons. The van der Waals surface area contributed by atoms with Gasteiger partial charge >= 0.3 is 12.4 Å². The highest BCUT2D eigenvalue weighted by Gasteiger charge is 2.51. The van der Waals surface area contributed by atoms with Crippen LogP contribution >= 0.6 is 0 Å². The van der Waals surface area contributed by atoms with Crippen molar-refractivity contribution in [1.29, 1.82) is 5.26 Å². The molecule has 2 rings (SSSR count). The Labute approximate surface area is 162 Å². The summed E-state index contributed by atoms with van der Waals surface area (Å²) in [5, 5.41) is 8.86. The van der Waals surface area contributed by atoms with E-state index >= 15 is 0 Å². The fourth-order valence-corrected chi connectivity index (χ4v) is 4.33. The van der Waals surface area contributed by atoms with Gasteiger partial charge in [-0.05, 0) is 17.7 Å². The lowest BCUT2D eigenvalue weighted by Gasteiger charge is -2.33. The van der Waals surface area contributed by atoms with E-state index in [0.717, 1.165) is 37.5 Å². The van der Waals surface area contributed by atoms with Crippen molar-refractivity contribution in [1.82, 2.24) is 9.29 Å². The van der Waals surface area contributed by atoms with Gasteiger partial charge in [-0.2, -0.15) is 35.9 Å².